The average molecular weight is 411 g/mol. The first-order valence-corrected chi connectivity index (χ1v) is 10.4. The number of nitrogens with one attached hydrogen (secondary N) is 2. The number of ether oxygens (including phenoxy) is 1. The van der Waals surface area contributed by atoms with Crippen LogP contribution in [0.15, 0.2) is 47.4 Å². The molecular formula is C19H23ClN2O4S. The summed E-state index contributed by atoms with van der Waals surface area (Å²) in [6.07, 6.45) is 0. The zero-order valence-electron chi connectivity index (χ0n) is 15.5. The zero-order chi connectivity index (χ0) is 20.0. The monoisotopic (exact) mass is 410 g/mol. The molecule has 2 rings (SSSR count). The van der Waals surface area contributed by atoms with E-state index in [0.717, 1.165) is 11.1 Å². The molecule has 0 heterocycles. The summed E-state index contributed by atoms with van der Waals surface area (Å²) in [5.74, 6) is -0.0156. The SMILES string of the molecule is CCOc1ccc(S(=O)(=O)N[C@H](C)C(=O)NCc2ccc(C)cc2)cc1Cl. The molecular weight excluding hydrogens is 388 g/mol. The van der Waals surface area contributed by atoms with E-state index in [1.807, 2.05) is 31.2 Å². The highest BCUT2D eigenvalue weighted by Crippen LogP contribution is 2.27. The first kappa shape index (κ1) is 21.2. The molecule has 2 aromatic carbocycles. The van der Waals surface area contributed by atoms with Crippen molar-refractivity contribution >= 4 is 27.5 Å². The Bertz CT molecular complexity index is 898. The lowest BCUT2D eigenvalue weighted by Crippen LogP contribution is -2.44. The quantitative estimate of drug-likeness (QED) is 0.700. The first-order chi connectivity index (χ1) is 12.7. The molecule has 2 aromatic rings. The maximum absolute atomic E-state index is 12.5. The lowest BCUT2D eigenvalue weighted by Gasteiger charge is -2.15. The minimum absolute atomic E-state index is 0.0332. The molecule has 0 aliphatic rings. The van der Waals surface area contributed by atoms with Crippen molar-refractivity contribution < 1.29 is 17.9 Å². The molecule has 1 atom stereocenters. The Morgan fingerprint density at radius 2 is 1.85 bits per heavy atom. The van der Waals surface area contributed by atoms with Crippen LogP contribution in [0.3, 0.4) is 0 Å². The lowest BCUT2D eigenvalue weighted by atomic mass is 10.1. The summed E-state index contributed by atoms with van der Waals surface area (Å²) < 4.78 is 32.6. The van der Waals surface area contributed by atoms with Crippen LogP contribution in [0.25, 0.3) is 0 Å². The number of sulfonamides is 1. The van der Waals surface area contributed by atoms with Crippen LogP contribution in [0.4, 0.5) is 0 Å². The predicted octanol–water partition coefficient (Wildman–Crippen LogP) is 3.03. The maximum Gasteiger partial charge on any atom is 0.241 e. The fourth-order valence-electron chi connectivity index (χ4n) is 2.32. The Morgan fingerprint density at radius 3 is 2.44 bits per heavy atom. The Kier molecular flexibility index (Phi) is 7.24. The van der Waals surface area contributed by atoms with Gasteiger partial charge >= 0.3 is 0 Å². The first-order valence-electron chi connectivity index (χ1n) is 8.51. The van der Waals surface area contributed by atoms with Gasteiger partial charge < -0.3 is 10.1 Å². The molecule has 0 saturated carbocycles. The Morgan fingerprint density at radius 1 is 1.19 bits per heavy atom. The zero-order valence-corrected chi connectivity index (χ0v) is 17.0. The number of amides is 1. The number of aryl methyl sites for hydroxylation is 1. The van der Waals surface area contributed by atoms with Crippen LogP contribution >= 0.6 is 11.6 Å². The third-order valence-corrected chi connectivity index (χ3v) is 5.66. The van der Waals surface area contributed by atoms with Gasteiger partial charge in [0.1, 0.15) is 5.75 Å². The smallest absolute Gasteiger partial charge is 0.241 e. The van der Waals surface area contributed by atoms with E-state index in [-0.39, 0.29) is 9.92 Å². The molecule has 27 heavy (non-hydrogen) atoms. The van der Waals surface area contributed by atoms with Crippen LogP contribution in [0.5, 0.6) is 5.75 Å². The molecule has 8 heteroatoms. The molecule has 0 aliphatic heterocycles. The largest absolute Gasteiger partial charge is 0.492 e. The summed E-state index contributed by atoms with van der Waals surface area (Å²) >= 11 is 6.05. The average Bonchev–Trinajstić information content (AvgIpc) is 2.62. The molecule has 6 nitrogen and oxygen atoms in total. The molecule has 1 amide bonds. The molecule has 0 bridgehead atoms. The molecule has 0 unspecified atom stereocenters. The Balaban J connectivity index is 2.00. The van der Waals surface area contributed by atoms with Gasteiger partial charge in [0.2, 0.25) is 15.9 Å². The van der Waals surface area contributed by atoms with E-state index < -0.39 is 22.0 Å². The normalized spacial score (nSPS) is 12.4. The summed E-state index contributed by atoms with van der Waals surface area (Å²) in [6.45, 7) is 6.01. The predicted molar refractivity (Wildman–Crippen MR) is 105 cm³/mol. The molecule has 0 radical (unpaired) electrons. The Labute approximate surface area is 164 Å². The molecule has 0 spiro atoms. The van der Waals surface area contributed by atoms with Crippen molar-refractivity contribution in [2.75, 3.05) is 6.61 Å². The molecule has 146 valence electrons. The van der Waals surface area contributed by atoms with Crippen LogP contribution in [-0.4, -0.2) is 27.0 Å². The van der Waals surface area contributed by atoms with Gasteiger partial charge in [0.05, 0.1) is 22.6 Å². The topological polar surface area (TPSA) is 84.5 Å². The highest BCUT2D eigenvalue weighted by atomic mass is 35.5. The summed E-state index contributed by atoms with van der Waals surface area (Å²) in [6, 6.07) is 10.9. The van der Waals surface area contributed by atoms with Gasteiger partial charge in [0, 0.05) is 6.54 Å². The second kappa shape index (κ2) is 9.21. The van der Waals surface area contributed by atoms with Crippen molar-refractivity contribution in [2.24, 2.45) is 0 Å². The molecule has 0 saturated heterocycles. The Hall–Kier alpha value is -2.09. The highest BCUT2D eigenvalue weighted by molar-refractivity contribution is 7.89. The molecule has 0 aromatic heterocycles. The van der Waals surface area contributed by atoms with Crippen molar-refractivity contribution in [1.29, 1.82) is 0 Å². The van der Waals surface area contributed by atoms with Gasteiger partial charge in [-0.25, -0.2) is 8.42 Å². The van der Waals surface area contributed by atoms with Gasteiger partial charge in [-0.1, -0.05) is 41.4 Å². The van der Waals surface area contributed by atoms with Crippen LogP contribution in [0, 0.1) is 6.92 Å². The number of carbonyl (C=O) groups is 1. The van der Waals surface area contributed by atoms with Crippen molar-refractivity contribution in [3.8, 4) is 5.75 Å². The van der Waals surface area contributed by atoms with Gasteiger partial charge in [-0.3, -0.25) is 4.79 Å². The van der Waals surface area contributed by atoms with Gasteiger partial charge in [0.25, 0.3) is 0 Å². The molecule has 2 N–H and O–H groups in total. The molecule has 0 aliphatic carbocycles. The van der Waals surface area contributed by atoms with E-state index in [4.69, 9.17) is 16.3 Å². The number of hydrogen-bond acceptors (Lipinski definition) is 4. The van der Waals surface area contributed by atoms with Crippen molar-refractivity contribution in [3.05, 3.63) is 58.6 Å². The second-order valence-electron chi connectivity index (χ2n) is 6.07. The van der Waals surface area contributed by atoms with Gasteiger partial charge in [0.15, 0.2) is 0 Å². The van der Waals surface area contributed by atoms with E-state index in [9.17, 15) is 13.2 Å². The van der Waals surface area contributed by atoms with E-state index in [1.54, 1.807) is 6.92 Å². The van der Waals surface area contributed by atoms with Crippen LogP contribution in [-0.2, 0) is 21.4 Å². The maximum atomic E-state index is 12.5. The number of benzene rings is 2. The number of halogens is 1. The standard InChI is InChI=1S/C19H23ClN2O4S/c1-4-26-18-10-9-16(11-17(18)20)27(24,25)22-14(3)19(23)21-12-15-7-5-13(2)6-8-15/h5-11,14,22H,4,12H2,1-3H3,(H,21,23)/t14-/m1/s1. The fraction of sp³-hybridized carbons (Fsp3) is 0.316. The summed E-state index contributed by atoms with van der Waals surface area (Å²) in [5.41, 5.74) is 2.06. The third kappa shape index (κ3) is 5.95. The minimum atomic E-state index is -3.90. The van der Waals surface area contributed by atoms with Gasteiger partial charge in [-0.2, -0.15) is 4.72 Å². The van der Waals surface area contributed by atoms with Crippen molar-refractivity contribution in [2.45, 2.75) is 38.3 Å². The number of carbonyl (C=O) groups excluding carboxylic acids is 1. The van der Waals surface area contributed by atoms with Crippen molar-refractivity contribution in [3.63, 3.8) is 0 Å². The summed E-state index contributed by atoms with van der Waals surface area (Å²) in [7, 11) is -3.90. The van der Waals surface area contributed by atoms with Crippen LogP contribution in [0.1, 0.15) is 25.0 Å². The number of rotatable bonds is 8. The van der Waals surface area contributed by atoms with Gasteiger partial charge in [-0.05, 0) is 44.5 Å². The number of hydrogen-bond donors (Lipinski definition) is 2. The summed E-state index contributed by atoms with van der Waals surface area (Å²) in [4.78, 5) is 12.2. The highest BCUT2D eigenvalue weighted by Gasteiger charge is 2.22. The van der Waals surface area contributed by atoms with Crippen LogP contribution < -0.4 is 14.8 Å². The second-order valence-corrected chi connectivity index (χ2v) is 8.19. The van der Waals surface area contributed by atoms with E-state index in [1.165, 1.54) is 25.1 Å². The summed E-state index contributed by atoms with van der Waals surface area (Å²) in [5, 5.41) is 2.91. The third-order valence-electron chi connectivity index (χ3n) is 3.83. The van der Waals surface area contributed by atoms with Crippen molar-refractivity contribution in [1.82, 2.24) is 10.0 Å². The van der Waals surface area contributed by atoms with Gasteiger partial charge in [-0.15, -0.1) is 0 Å². The van der Waals surface area contributed by atoms with E-state index >= 15 is 0 Å². The van der Waals surface area contributed by atoms with Crippen LogP contribution in [0.2, 0.25) is 5.02 Å². The fourth-order valence-corrected chi connectivity index (χ4v) is 3.85. The minimum Gasteiger partial charge on any atom is -0.492 e. The molecule has 0 fully saturated rings. The van der Waals surface area contributed by atoms with E-state index in [0.29, 0.717) is 18.9 Å². The lowest BCUT2D eigenvalue weighted by molar-refractivity contribution is -0.122. The van der Waals surface area contributed by atoms with E-state index in [2.05, 4.69) is 10.0 Å².